The summed E-state index contributed by atoms with van der Waals surface area (Å²) in [5.74, 6) is 0. The maximum Gasteiger partial charge on any atom is 0.0707 e. The molecule has 0 aromatic carbocycles. The molecule has 1 aliphatic heterocycles. The van der Waals surface area contributed by atoms with Crippen LogP contribution < -0.4 is 5.32 Å². The molecule has 0 aliphatic carbocycles. The first-order valence-electron chi connectivity index (χ1n) is 5.00. The van der Waals surface area contributed by atoms with Crippen LogP contribution in [0.3, 0.4) is 0 Å². The van der Waals surface area contributed by atoms with Crippen LogP contribution in [0.15, 0.2) is 0 Å². The summed E-state index contributed by atoms with van der Waals surface area (Å²) >= 11 is 3.44. The molecule has 0 spiro atoms. The number of nitrogens with one attached hydrogen (secondary N) is 1. The van der Waals surface area contributed by atoms with Crippen molar-refractivity contribution in [1.29, 1.82) is 0 Å². The van der Waals surface area contributed by atoms with Crippen molar-refractivity contribution in [1.82, 2.24) is 5.32 Å². The summed E-state index contributed by atoms with van der Waals surface area (Å²) in [7, 11) is 0. The Morgan fingerprint density at radius 2 is 2.31 bits per heavy atom. The van der Waals surface area contributed by atoms with Crippen molar-refractivity contribution in [2.24, 2.45) is 0 Å². The number of hydrogen-bond acceptors (Lipinski definition) is 2. The highest BCUT2D eigenvalue weighted by atomic mass is 79.9. The van der Waals surface area contributed by atoms with Crippen LogP contribution in [0.5, 0.6) is 0 Å². The molecule has 1 fully saturated rings. The molecule has 1 N–H and O–H groups in total. The second-order valence-electron chi connectivity index (χ2n) is 4.50. The highest BCUT2D eigenvalue weighted by Crippen LogP contribution is 2.28. The van der Waals surface area contributed by atoms with E-state index in [0.29, 0.717) is 12.1 Å². The van der Waals surface area contributed by atoms with Gasteiger partial charge in [0, 0.05) is 17.9 Å². The van der Waals surface area contributed by atoms with Gasteiger partial charge >= 0.3 is 0 Å². The van der Waals surface area contributed by atoms with Gasteiger partial charge in [0.05, 0.1) is 11.7 Å². The lowest BCUT2D eigenvalue weighted by Crippen LogP contribution is -2.35. The van der Waals surface area contributed by atoms with Gasteiger partial charge in [-0.15, -0.1) is 0 Å². The highest BCUT2D eigenvalue weighted by Gasteiger charge is 2.31. The Hall–Kier alpha value is 0.400. The number of ether oxygens (including phenoxy) is 1. The molecule has 0 radical (unpaired) electrons. The van der Waals surface area contributed by atoms with Gasteiger partial charge in [-0.05, 0) is 33.6 Å². The SMILES string of the molecule is CC(CBr)NCC1CCC(C)(C)O1. The summed E-state index contributed by atoms with van der Waals surface area (Å²) < 4.78 is 5.87. The summed E-state index contributed by atoms with van der Waals surface area (Å²) in [6.07, 6.45) is 2.79. The maximum absolute atomic E-state index is 5.87. The normalized spacial score (nSPS) is 29.1. The lowest BCUT2D eigenvalue weighted by atomic mass is 10.1. The Balaban J connectivity index is 2.17. The van der Waals surface area contributed by atoms with Gasteiger partial charge in [-0.3, -0.25) is 0 Å². The van der Waals surface area contributed by atoms with Crippen molar-refractivity contribution in [2.45, 2.75) is 51.4 Å². The van der Waals surface area contributed by atoms with Crippen molar-refractivity contribution in [3.05, 3.63) is 0 Å². The predicted molar refractivity (Wildman–Crippen MR) is 59.4 cm³/mol. The molecule has 13 heavy (non-hydrogen) atoms. The molecular weight excluding hydrogens is 230 g/mol. The van der Waals surface area contributed by atoms with Crippen LogP contribution in [0.2, 0.25) is 0 Å². The Bertz CT molecular complexity index is 161. The molecule has 2 unspecified atom stereocenters. The zero-order valence-corrected chi connectivity index (χ0v) is 10.4. The standard InChI is InChI=1S/C10H20BrNO/c1-8(6-11)12-7-9-4-5-10(2,3)13-9/h8-9,12H,4-7H2,1-3H3. The van der Waals surface area contributed by atoms with E-state index in [1.807, 2.05) is 0 Å². The van der Waals surface area contributed by atoms with E-state index >= 15 is 0 Å². The molecule has 1 saturated heterocycles. The molecule has 2 nitrogen and oxygen atoms in total. The first-order valence-corrected chi connectivity index (χ1v) is 6.13. The Kier molecular flexibility index (Phi) is 4.20. The molecular formula is C10H20BrNO. The Morgan fingerprint density at radius 1 is 1.62 bits per heavy atom. The van der Waals surface area contributed by atoms with Crippen LogP contribution in [0, 0.1) is 0 Å². The molecule has 0 aromatic heterocycles. The van der Waals surface area contributed by atoms with Crippen LogP contribution in [-0.4, -0.2) is 29.6 Å². The van der Waals surface area contributed by atoms with Crippen LogP contribution in [0.4, 0.5) is 0 Å². The molecule has 1 aliphatic rings. The first-order chi connectivity index (χ1) is 6.03. The largest absolute Gasteiger partial charge is 0.371 e. The molecule has 2 atom stereocenters. The smallest absolute Gasteiger partial charge is 0.0707 e. The summed E-state index contributed by atoms with van der Waals surface area (Å²) in [5.41, 5.74) is 0.101. The molecule has 0 bridgehead atoms. The third kappa shape index (κ3) is 3.96. The van der Waals surface area contributed by atoms with Gasteiger partial charge in [0.1, 0.15) is 0 Å². The average molecular weight is 250 g/mol. The van der Waals surface area contributed by atoms with Gasteiger partial charge in [0.2, 0.25) is 0 Å². The van der Waals surface area contributed by atoms with Crippen molar-refractivity contribution < 1.29 is 4.74 Å². The number of alkyl halides is 1. The number of halogens is 1. The van der Waals surface area contributed by atoms with Crippen LogP contribution in [0.1, 0.15) is 33.6 Å². The van der Waals surface area contributed by atoms with Crippen molar-refractivity contribution >= 4 is 15.9 Å². The minimum atomic E-state index is 0.101. The molecule has 3 heteroatoms. The van der Waals surface area contributed by atoms with Gasteiger partial charge in [-0.1, -0.05) is 15.9 Å². The van der Waals surface area contributed by atoms with Gasteiger partial charge in [0.15, 0.2) is 0 Å². The van der Waals surface area contributed by atoms with E-state index in [1.54, 1.807) is 0 Å². The first kappa shape index (κ1) is 11.5. The molecule has 0 aromatic rings. The van der Waals surface area contributed by atoms with E-state index < -0.39 is 0 Å². The van der Waals surface area contributed by atoms with Gasteiger partial charge in [0.25, 0.3) is 0 Å². The third-order valence-electron chi connectivity index (χ3n) is 2.48. The lowest BCUT2D eigenvalue weighted by Gasteiger charge is -2.20. The van der Waals surface area contributed by atoms with E-state index in [4.69, 9.17) is 4.74 Å². The van der Waals surface area contributed by atoms with E-state index in [1.165, 1.54) is 12.8 Å². The lowest BCUT2D eigenvalue weighted by molar-refractivity contribution is -0.0147. The fourth-order valence-electron chi connectivity index (χ4n) is 1.61. The topological polar surface area (TPSA) is 21.3 Å². The van der Waals surface area contributed by atoms with Crippen LogP contribution in [-0.2, 0) is 4.74 Å². The van der Waals surface area contributed by atoms with Gasteiger partial charge in [-0.25, -0.2) is 0 Å². The summed E-state index contributed by atoms with van der Waals surface area (Å²) in [5, 5.41) is 4.44. The van der Waals surface area contributed by atoms with E-state index in [9.17, 15) is 0 Å². The van der Waals surface area contributed by atoms with Gasteiger partial charge in [-0.2, -0.15) is 0 Å². The van der Waals surface area contributed by atoms with Crippen molar-refractivity contribution in [2.75, 3.05) is 11.9 Å². The van der Waals surface area contributed by atoms with E-state index in [0.717, 1.165) is 11.9 Å². The fourth-order valence-corrected chi connectivity index (χ4v) is 1.84. The minimum Gasteiger partial charge on any atom is -0.371 e. The molecule has 78 valence electrons. The zero-order chi connectivity index (χ0) is 9.90. The van der Waals surface area contributed by atoms with Crippen LogP contribution >= 0.6 is 15.9 Å². The fraction of sp³-hybridized carbons (Fsp3) is 1.00. The summed E-state index contributed by atoms with van der Waals surface area (Å²) in [4.78, 5) is 0. The summed E-state index contributed by atoms with van der Waals surface area (Å²) in [6, 6.07) is 0.535. The molecule has 1 heterocycles. The van der Waals surface area contributed by atoms with Crippen LogP contribution in [0.25, 0.3) is 0 Å². The second-order valence-corrected chi connectivity index (χ2v) is 5.15. The number of rotatable bonds is 4. The third-order valence-corrected chi connectivity index (χ3v) is 3.45. The van der Waals surface area contributed by atoms with Crippen molar-refractivity contribution in [3.8, 4) is 0 Å². The summed E-state index contributed by atoms with van der Waals surface area (Å²) in [6.45, 7) is 7.49. The Morgan fingerprint density at radius 3 is 2.77 bits per heavy atom. The molecule has 1 rings (SSSR count). The number of hydrogen-bond donors (Lipinski definition) is 1. The highest BCUT2D eigenvalue weighted by molar-refractivity contribution is 9.09. The average Bonchev–Trinajstić information content (AvgIpc) is 2.41. The quantitative estimate of drug-likeness (QED) is 0.773. The monoisotopic (exact) mass is 249 g/mol. The maximum atomic E-state index is 5.87. The van der Waals surface area contributed by atoms with Gasteiger partial charge < -0.3 is 10.1 Å². The zero-order valence-electron chi connectivity index (χ0n) is 8.77. The van der Waals surface area contributed by atoms with E-state index in [2.05, 4.69) is 42.0 Å². The second kappa shape index (κ2) is 4.76. The van der Waals surface area contributed by atoms with Crippen molar-refractivity contribution in [3.63, 3.8) is 0 Å². The Labute approximate surface area is 89.5 Å². The predicted octanol–water partition coefficient (Wildman–Crippen LogP) is 2.32. The van der Waals surface area contributed by atoms with E-state index in [-0.39, 0.29) is 5.60 Å². The minimum absolute atomic E-state index is 0.101. The molecule has 0 saturated carbocycles. The molecule has 0 amide bonds.